The molecule has 6 heteroatoms. The third kappa shape index (κ3) is 2.66. The van der Waals surface area contributed by atoms with E-state index in [1.54, 1.807) is 36.4 Å². The highest BCUT2D eigenvalue weighted by molar-refractivity contribution is 7.90. The molecule has 1 N–H and O–H groups in total. The van der Waals surface area contributed by atoms with Gasteiger partial charge in [-0.15, -0.1) is 0 Å². The van der Waals surface area contributed by atoms with Crippen molar-refractivity contribution in [3.8, 4) is 0 Å². The lowest BCUT2D eigenvalue weighted by molar-refractivity contribution is 0.595. The van der Waals surface area contributed by atoms with Crippen molar-refractivity contribution in [2.45, 2.75) is 17.9 Å². The zero-order valence-electron chi connectivity index (χ0n) is 11.2. The molecule has 0 aliphatic carbocycles. The summed E-state index contributed by atoms with van der Waals surface area (Å²) in [6.07, 6.45) is 0. The van der Waals surface area contributed by atoms with Crippen LogP contribution < -0.4 is 4.72 Å². The Morgan fingerprint density at radius 2 is 1.76 bits per heavy atom. The number of amidine groups is 1. The van der Waals surface area contributed by atoms with Crippen molar-refractivity contribution >= 4 is 27.5 Å². The van der Waals surface area contributed by atoms with Gasteiger partial charge >= 0.3 is 0 Å². The molecule has 0 spiro atoms. The average molecular weight is 321 g/mol. The van der Waals surface area contributed by atoms with Gasteiger partial charge in [0.25, 0.3) is 10.0 Å². The third-order valence-corrected chi connectivity index (χ3v) is 4.99. The minimum atomic E-state index is -3.49. The number of fused-ring (bicyclic) bond motifs is 1. The largest absolute Gasteiger partial charge is 0.263 e. The molecule has 0 bridgehead atoms. The Balaban J connectivity index is 2.00. The molecular formula is C15H13ClN2O2S. The molecule has 0 aromatic heterocycles. The minimum absolute atomic E-state index is 0.175. The summed E-state index contributed by atoms with van der Waals surface area (Å²) < 4.78 is 26.5. The Hall–Kier alpha value is -1.85. The molecule has 1 unspecified atom stereocenters. The van der Waals surface area contributed by atoms with Gasteiger partial charge < -0.3 is 0 Å². The highest BCUT2D eigenvalue weighted by Gasteiger charge is 2.30. The Morgan fingerprint density at radius 1 is 1.10 bits per heavy atom. The highest BCUT2D eigenvalue weighted by Crippen LogP contribution is 2.25. The van der Waals surface area contributed by atoms with Crippen LogP contribution in [0.5, 0.6) is 0 Å². The van der Waals surface area contributed by atoms with Crippen LogP contribution in [0.3, 0.4) is 0 Å². The summed E-state index contributed by atoms with van der Waals surface area (Å²) in [5.41, 5.74) is 1.58. The van der Waals surface area contributed by atoms with Crippen LogP contribution in [-0.2, 0) is 10.0 Å². The van der Waals surface area contributed by atoms with Crippen LogP contribution >= 0.6 is 11.6 Å². The summed E-state index contributed by atoms with van der Waals surface area (Å²) in [7, 11) is -3.49. The van der Waals surface area contributed by atoms with E-state index < -0.39 is 10.0 Å². The zero-order valence-corrected chi connectivity index (χ0v) is 12.8. The Labute approximate surface area is 128 Å². The van der Waals surface area contributed by atoms with Gasteiger partial charge in [-0.05, 0) is 36.8 Å². The monoisotopic (exact) mass is 320 g/mol. The van der Waals surface area contributed by atoms with Gasteiger partial charge in [-0.1, -0.05) is 35.9 Å². The molecule has 3 rings (SSSR count). The van der Waals surface area contributed by atoms with Crippen LogP contribution in [0.25, 0.3) is 0 Å². The SMILES string of the molecule is CC(N=C1NS(=O)(=O)c2ccccc21)c1ccc(Cl)cc1. The number of nitrogens with zero attached hydrogens (tertiary/aromatic N) is 1. The predicted molar refractivity (Wildman–Crippen MR) is 83.2 cm³/mol. The molecular weight excluding hydrogens is 308 g/mol. The fourth-order valence-corrected chi connectivity index (χ4v) is 3.60. The maximum Gasteiger partial charge on any atom is 0.263 e. The van der Waals surface area contributed by atoms with Gasteiger partial charge in [-0.25, -0.2) is 8.42 Å². The normalized spacial score (nSPS) is 19.0. The number of benzene rings is 2. The van der Waals surface area contributed by atoms with Crippen LogP contribution in [0.1, 0.15) is 24.1 Å². The van der Waals surface area contributed by atoms with E-state index in [0.29, 0.717) is 16.4 Å². The van der Waals surface area contributed by atoms with Crippen LogP contribution in [0.2, 0.25) is 5.02 Å². The van der Waals surface area contributed by atoms with Gasteiger partial charge in [0.1, 0.15) is 5.84 Å². The van der Waals surface area contributed by atoms with Crippen molar-refractivity contribution in [2.75, 3.05) is 0 Å². The Morgan fingerprint density at radius 3 is 2.48 bits per heavy atom. The molecule has 1 aliphatic rings. The van der Waals surface area contributed by atoms with E-state index in [4.69, 9.17) is 11.6 Å². The number of hydrogen-bond donors (Lipinski definition) is 1. The number of sulfonamides is 1. The molecule has 1 heterocycles. The van der Waals surface area contributed by atoms with Crippen LogP contribution in [0.15, 0.2) is 58.4 Å². The molecule has 21 heavy (non-hydrogen) atoms. The van der Waals surface area contributed by atoms with Crippen LogP contribution in [0, 0.1) is 0 Å². The van der Waals surface area contributed by atoms with E-state index in [1.807, 2.05) is 19.1 Å². The van der Waals surface area contributed by atoms with E-state index in [1.165, 1.54) is 0 Å². The smallest absolute Gasteiger partial charge is 0.263 e. The predicted octanol–water partition coefficient (Wildman–Crippen LogP) is 3.14. The van der Waals surface area contributed by atoms with Crippen molar-refractivity contribution < 1.29 is 8.42 Å². The van der Waals surface area contributed by atoms with Gasteiger partial charge in [0.2, 0.25) is 0 Å². The van der Waals surface area contributed by atoms with E-state index in [9.17, 15) is 8.42 Å². The fraction of sp³-hybridized carbons (Fsp3) is 0.133. The van der Waals surface area contributed by atoms with E-state index in [0.717, 1.165) is 5.56 Å². The van der Waals surface area contributed by atoms with Gasteiger partial charge in [0.05, 0.1) is 10.9 Å². The molecule has 0 saturated heterocycles. The molecule has 2 aromatic rings. The first-order valence-electron chi connectivity index (χ1n) is 6.43. The zero-order chi connectivity index (χ0) is 15.0. The molecule has 108 valence electrons. The van der Waals surface area contributed by atoms with E-state index >= 15 is 0 Å². The number of hydrogen-bond acceptors (Lipinski definition) is 3. The summed E-state index contributed by atoms with van der Waals surface area (Å²) in [5.74, 6) is 0.382. The lowest BCUT2D eigenvalue weighted by Gasteiger charge is -2.08. The second-order valence-electron chi connectivity index (χ2n) is 4.81. The molecule has 0 radical (unpaired) electrons. The second kappa shape index (κ2) is 5.16. The van der Waals surface area contributed by atoms with Gasteiger partial charge in [-0.3, -0.25) is 9.71 Å². The summed E-state index contributed by atoms with van der Waals surface area (Å²) in [4.78, 5) is 4.77. The number of rotatable bonds is 2. The van der Waals surface area contributed by atoms with Gasteiger partial charge in [-0.2, -0.15) is 0 Å². The minimum Gasteiger partial charge on any atom is -0.263 e. The van der Waals surface area contributed by atoms with Gasteiger partial charge in [0, 0.05) is 10.6 Å². The average Bonchev–Trinajstić information content (AvgIpc) is 2.71. The van der Waals surface area contributed by atoms with Crippen molar-refractivity contribution in [1.82, 2.24) is 4.72 Å². The number of nitrogens with one attached hydrogen (secondary N) is 1. The lowest BCUT2D eigenvalue weighted by Crippen LogP contribution is -2.22. The first kappa shape index (κ1) is 14.1. The van der Waals surface area contributed by atoms with Crippen molar-refractivity contribution in [3.05, 3.63) is 64.7 Å². The molecule has 1 atom stereocenters. The van der Waals surface area contributed by atoms with Gasteiger partial charge in [0.15, 0.2) is 0 Å². The summed E-state index contributed by atoms with van der Waals surface area (Å²) in [5, 5.41) is 0.658. The maximum atomic E-state index is 12.0. The molecule has 0 amide bonds. The van der Waals surface area contributed by atoms with Crippen LogP contribution in [-0.4, -0.2) is 14.3 Å². The fourth-order valence-electron chi connectivity index (χ4n) is 2.24. The summed E-state index contributed by atoms with van der Waals surface area (Å²) >= 11 is 5.86. The van der Waals surface area contributed by atoms with E-state index in [2.05, 4.69) is 9.71 Å². The highest BCUT2D eigenvalue weighted by atomic mass is 35.5. The quantitative estimate of drug-likeness (QED) is 0.924. The third-order valence-electron chi connectivity index (χ3n) is 3.34. The maximum absolute atomic E-state index is 12.0. The Bertz CT molecular complexity index is 814. The first-order chi connectivity index (χ1) is 9.97. The first-order valence-corrected chi connectivity index (χ1v) is 8.29. The van der Waals surface area contributed by atoms with E-state index in [-0.39, 0.29) is 10.9 Å². The molecule has 0 fully saturated rings. The topological polar surface area (TPSA) is 58.5 Å². The lowest BCUT2D eigenvalue weighted by atomic mass is 10.1. The van der Waals surface area contributed by atoms with Crippen molar-refractivity contribution in [2.24, 2.45) is 4.99 Å². The summed E-state index contributed by atoms with van der Waals surface area (Å²) in [6, 6.07) is 14.0. The van der Waals surface area contributed by atoms with Crippen LogP contribution in [0.4, 0.5) is 0 Å². The van der Waals surface area contributed by atoms with Crippen molar-refractivity contribution in [3.63, 3.8) is 0 Å². The molecule has 4 nitrogen and oxygen atoms in total. The Kier molecular flexibility index (Phi) is 3.47. The van der Waals surface area contributed by atoms with Crippen molar-refractivity contribution in [1.29, 1.82) is 0 Å². The second-order valence-corrected chi connectivity index (χ2v) is 6.89. The molecule has 1 aliphatic heterocycles. The number of aliphatic imine (C=N–C) groups is 1. The molecule has 2 aromatic carbocycles. The molecule has 0 saturated carbocycles. The standard InChI is InChI=1S/C15H13ClN2O2S/c1-10(11-6-8-12(16)9-7-11)17-15-13-4-2-3-5-14(13)21(19,20)18-15/h2-10H,1H3,(H,17,18). The number of halogens is 1. The summed E-state index contributed by atoms with van der Waals surface area (Å²) in [6.45, 7) is 1.91.